The average molecular weight is 227 g/mol. The summed E-state index contributed by atoms with van der Waals surface area (Å²) in [6, 6.07) is 1.87. The first-order chi connectivity index (χ1) is 7.43. The molecule has 0 heterocycles. The quantitative estimate of drug-likeness (QED) is 0.548. The highest BCUT2D eigenvalue weighted by molar-refractivity contribution is 5.94. The van der Waals surface area contributed by atoms with E-state index in [9.17, 15) is 9.59 Å². The Morgan fingerprint density at radius 1 is 1.44 bits per heavy atom. The lowest BCUT2D eigenvalue weighted by Gasteiger charge is -2.17. The maximum atomic E-state index is 11.4. The van der Waals surface area contributed by atoms with Gasteiger partial charge in [0.15, 0.2) is 5.92 Å². The Morgan fingerprint density at radius 3 is 2.31 bits per heavy atom. The molecule has 0 amide bonds. The first-order valence-corrected chi connectivity index (χ1v) is 5.23. The summed E-state index contributed by atoms with van der Waals surface area (Å²) in [5, 5.41) is 17.8. The van der Waals surface area contributed by atoms with E-state index < -0.39 is 23.8 Å². The smallest absolute Gasteiger partial charge is 0.321 e. The Kier molecular flexibility index (Phi) is 6.16. The third-order valence-corrected chi connectivity index (χ3v) is 2.10. The topological polar surface area (TPSA) is 87.4 Å². The first kappa shape index (κ1) is 14.4. The van der Waals surface area contributed by atoms with Crippen molar-refractivity contribution in [1.29, 1.82) is 5.26 Å². The van der Waals surface area contributed by atoms with E-state index in [0.717, 1.165) is 0 Å². The summed E-state index contributed by atoms with van der Waals surface area (Å²) in [5.74, 6) is -4.20. The van der Waals surface area contributed by atoms with E-state index >= 15 is 0 Å². The fourth-order valence-electron chi connectivity index (χ4n) is 1.44. The molecule has 1 unspecified atom stereocenters. The third kappa shape index (κ3) is 4.30. The molecule has 2 atom stereocenters. The first-order valence-electron chi connectivity index (χ1n) is 5.23. The van der Waals surface area contributed by atoms with Gasteiger partial charge in [-0.3, -0.25) is 9.59 Å². The van der Waals surface area contributed by atoms with Crippen LogP contribution in [0.1, 0.15) is 27.2 Å². The van der Waals surface area contributed by atoms with Crippen LogP contribution in [0.4, 0.5) is 0 Å². The predicted octanol–water partition coefficient (Wildman–Crippen LogP) is 1.44. The zero-order chi connectivity index (χ0) is 12.7. The van der Waals surface area contributed by atoms with Crippen LogP contribution < -0.4 is 0 Å². The van der Waals surface area contributed by atoms with E-state index in [1.807, 2.05) is 19.9 Å². The molecule has 0 aliphatic heterocycles. The Bertz CT molecular complexity index is 293. The van der Waals surface area contributed by atoms with Gasteiger partial charge in [0.05, 0.1) is 18.6 Å². The van der Waals surface area contributed by atoms with Crippen LogP contribution >= 0.6 is 0 Å². The minimum Gasteiger partial charge on any atom is -0.481 e. The van der Waals surface area contributed by atoms with Crippen LogP contribution in [0.5, 0.6) is 0 Å². The van der Waals surface area contributed by atoms with Gasteiger partial charge in [0.1, 0.15) is 0 Å². The number of carboxylic acids is 1. The fourth-order valence-corrected chi connectivity index (χ4v) is 1.44. The third-order valence-electron chi connectivity index (χ3n) is 2.10. The second-order valence-corrected chi connectivity index (χ2v) is 3.93. The van der Waals surface area contributed by atoms with Crippen molar-refractivity contribution in [2.24, 2.45) is 17.8 Å². The lowest BCUT2D eigenvalue weighted by atomic mass is 9.86. The molecule has 0 aliphatic rings. The highest BCUT2D eigenvalue weighted by Gasteiger charge is 2.36. The van der Waals surface area contributed by atoms with Gasteiger partial charge in [0.25, 0.3) is 0 Å². The number of carbonyl (C=O) groups is 2. The Balaban J connectivity index is 4.81. The molecule has 0 saturated carbocycles. The average Bonchev–Trinajstić information content (AvgIpc) is 2.15. The van der Waals surface area contributed by atoms with Crippen molar-refractivity contribution in [3.8, 4) is 6.07 Å². The Labute approximate surface area is 95.0 Å². The second-order valence-electron chi connectivity index (χ2n) is 3.93. The number of nitrogens with zero attached hydrogens (tertiary/aromatic N) is 1. The van der Waals surface area contributed by atoms with Crippen molar-refractivity contribution in [3.05, 3.63) is 0 Å². The van der Waals surface area contributed by atoms with Crippen LogP contribution in [0, 0.1) is 29.1 Å². The second kappa shape index (κ2) is 6.83. The molecule has 0 aromatic carbocycles. The fraction of sp³-hybridized carbons (Fsp3) is 0.727. The molecular formula is C11H17NO4. The molecular weight excluding hydrogens is 210 g/mol. The zero-order valence-electron chi connectivity index (χ0n) is 9.77. The minimum absolute atomic E-state index is 0.114. The highest BCUT2D eigenvalue weighted by Crippen LogP contribution is 2.21. The molecule has 5 heteroatoms. The SMILES string of the molecule is CCOC(=O)[C@@H](C(=O)O)C(C#N)CC(C)C. The summed E-state index contributed by atoms with van der Waals surface area (Å²) in [4.78, 5) is 22.4. The van der Waals surface area contributed by atoms with Crippen molar-refractivity contribution < 1.29 is 19.4 Å². The molecule has 1 N–H and O–H groups in total. The van der Waals surface area contributed by atoms with Crippen molar-refractivity contribution in [2.45, 2.75) is 27.2 Å². The molecule has 0 aliphatic carbocycles. The van der Waals surface area contributed by atoms with Crippen LogP contribution in [-0.2, 0) is 14.3 Å². The number of nitriles is 1. The number of carbonyl (C=O) groups excluding carboxylic acids is 1. The largest absolute Gasteiger partial charge is 0.481 e. The van der Waals surface area contributed by atoms with Gasteiger partial charge >= 0.3 is 11.9 Å². The molecule has 0 fully saturated rings. The Hall–Kier alpha value is -1.57. The summed E-state index contributed by atoms with van der Waals surface area (Å²) in [7, 11) is 0. The van der Waals surface area contributed by atoms with Crippen LogP contribution in [0.15, 0.2) is 0 Å². The summed E-state index contributed by atoms with van der Waals surface area (Å²) in [5.41, 5.74) is 0. The van der Waals surface area contributed by atoms with Crippen LogP contribution in [0.25, 0.3) is 0 Å². The maximum absolute atomic E-state index is 11.4. The van der Waals surface area contributed by atoms with Crippen molar-refractivity contribution in [1.82, 2.24) is 0 Å². The van der Waals surface area contributed by atoms with E-state index in [-0.39, 0.29) is 12.5 Å². The molecule has 0 aromatic rings. The van der Waals surface area contributed by atoms with E-state index in [0.29, 0.717) is 6.42 Å². The van der Waals surface area contributed by atoms with E-state index in [1.165, 1.54) is 0 Å². The van der Waals surface area contributed by atoms with Gasteiger partial charge in [0, 0.05) is 0 Å². The number of hydrogen-bond donors (Lipinski definition) is 1. The van der Waals surface area contributed by atoms with Crippen molar-refractivity contribution in [3.63, 3.8) is 0 Å². The molecule has 0 aromatic heterocycles. The summed E-state index contributed by atoms with van der Waals surface area (Å²) >= 11 is 0. The maximum Gasteiger partial charge on any atom is 0.321 e. The molecule has 0 radical (unpaired) electrons. The van der Waals surface area contributed by atoms with Gasteiger partial charge in [-0.05, 0) is 19.3 Å². The lowest BCUT2D eigenvalue weighted by Crippen LogP contribution is -2.33. The van der Waals surface area contributed by atoms with Gasteiger partial charge in [-0.25, -0.2) is 0 Å². The van der Waals surface area contributed by atoms with E-state index in [1.54, 1.807) is 6.92 Å². The number of ether oxygens (including phenoxy) is 1. The molecule has 5 nitrogen and oxygen atoms in total. The van der Waals surface area contributed by atoms with Crippen molar-refractivity contribution >= 4 is 11.9 Å². The molecule has 0 saturated heterocycles. The normalized spacial score (nSPS) is 13.9. The lowest BCUT2D eigenvalue weighted by molar-refractivity contribution is -0.160. The summed E-state index contributed by atoms with van der Waals surface area (Å²) in [6.45, 7) is 5.45. The number of aliphatic carboxylic acids is 1. The number of rotatable bonds is 6. The number of esters is 1. The van der Waals surface area contributed by atoms with Gasteiger partial charge < -0.3 is 9.84 Å². The molecule has 0 spiro atoms. The zero-order valence-corrected chi connectivity index (χ0v) is 9.77. The number of carboxylic acid groups (broad SMARTS) is 1. The van der Waals surface area contributed by atoms with Crippen LogP contribution in [0.2, 0.25) is 0 Å². The number of hydrogen-bond acceptors (Lipinski definition) is 4. The molecule has 0 rings (SSSR count). The van der Waals surface area contributed by atoms with Crippen LogP contribution in [0.3, 0.4) is 0 Å². The molecule has 0 bridgehead atoms. The standard InChI is InChI=1S/C11H17NO4/c1-4-16-11(15)9(10(13)14)8(6-12)5-7(2)3/h7-9H,4-5H2,1-3H3,(H,13,14)/t8?,9-/m1/s1. The van der Waals surface area contributed by atoms with Gasteiger partial charge in [-0.1, -0.05) is 13.8 Å². The van der Waals surface area contributed by atoms with E-state index in [4.69, 9.17) is 10.4 Å². The van der Waals surface area contributed by atoms with Gasteiger partial charge in [-0.15, -0.1) is 0 Å². The minimum atomic E-state index is -1.38. The van der Waals surface area contributed by atoms with E-state index in [2.05, 4.69) is 4.74 Å². The highest BCUT2D eigenvalue weighted by atomic mass is 16.5. The predicted molar refractivity (Wildman–Crippen MR) is 56.3 cm³/mol. The van der Waals surface area contributed by atoms with Gasteiger partial charge in [-0.2, -0.15) is 5.26 Å². The summed E-state index contributed by atoms with van der Waals surface area (Å²) in [6.07, 6.45) is 0.367. The monoisotopic (exact) mass is 227 g/mol. The Morgan fingerprint density at radius 2 is 2.00 bits per heavy atom. The van der Waals surface area contributed by atoms with Gasteiger partial charge in [0.2, 0.25) is 0 Å². The summed E-state index contributed by atoms with van der Waals surface area (Å²) < 4.78 is 4.66. The van der Waals surface area contributed by atoms with Crippen molar-refractivity contribution in [2.75, 3.05) is 6.61 Å². The molecule has 16 heavy (non-hydrogen) atoms. The molecule has 90 valence electrons. The van der Waals surface area contributed by atoms with Crippen LogP contribution in [-0.4, -0.2) is 23.7 Å².